The van der Waals surface area contributed by atoms with Gasteiger partial charge in [0, 0.05) is 28.6 Å². The zero-order valence-corrected chi connectivity index (χ0v) is 10.6. The molecule has 94 valence electrons. The van der Waals surface area contributed by atoms with Gasteiger partial charge in [-0.15, -0.1) is 0 Å². The summed E-state index contributed by atoms with van der Waals surface area (Å²) < 4.78 is 0. The Kier molecular flexibility index (Phi) is 2.82. The summed E-state index contributed by atoms with van der Waals surface area (Å²) in [5.41, 5.74) is 3.77. The summed E-state index contributed by atoms with van der Waals surface area (Å²) in [6, 6.07) is 8.55. The number of para-hydroxylation sites is 1. The number of aryl methyl sites for hydroxylation is 1. The van der Waals surface area contributed by atoms with Crippen molar-refractivity contribution >= 4 is 16.8 Å². The second kappa shape index (κ2) is 4.48. The first-order valence-electron chi connectivity index (χ1n) is 6.68. The molecule has 2 N–H and O–H groups in total. The summed E-state index contributed by atoms with van der Waals surface area (Å²) >= 11 is 0. The van der Waals surface area contributed by atoms with Crippen molar-refractivity contribution in [1.82, 2.24) is 10.3 Å². The third kappa shape index (κ3) is 1.80. The number of benzene rings is 1. The lowest BCUT2D eigenvalue weighted by molar-refractivity contribution is -0.119. The third-order valence-electron chi connectivity index (χ3n) is 3.67. The van der Waals surface area contributed by atoms with E-state index in [1.807, 2.05) is 6.07 Å². The van der Waals surface area contributed by atoms with Gasteiger partial charge in [-0.25, -0.2) is 0 Å². The monoisotopic (exact) mass is 242 g/mol. The number of aromatic nitrogens is 1. The molecule has 1 aliphatic rings. The normalized spacial score (nSPS) is 19.4. The van der Waals surface area contributed by atoms with E-state index in [0.717, 1.165) is 19.3 Å². The van der Waals surface area contributed by atoms with Gasteiger partial charge < -0.3 is 10.3 Å². The maximum atomic E-state index is 11.4. The van der Waals surface area contributed by atoms with Crippen LogP contribution in [0.15, 0.2) is 24.3 Å². The van der Waals surface area contributed by atoms with Crippen LogP contribution in [0.1, 0.15) is 43.5 Å². The number of amides is 1. The molecule has 2 heterocycles. The van der Waals surface area contributed by atoms with Crippen molar-refractivity contribution in [1.29, 1.82) is 0 Å². The molecule has 1 atom stereocenters. The van der Waals surface area contributed by atoms with E-state index in [0.29, 0.717) is 6.42 Å². The van der Waals surface area contributed by atoms with Crippen molar-refractivity contribution < 1.29 is 4.79 Å². The fourth-order valence-electron chi connectivity index (χ4n) is 2.90. The number of carbonyl (C=O) groups is 1. The summed E-state index contributed by atoms with van der Waals surface area (Å²) in [4.78, 5) is 14.9. The van der Waals surface area contributed by atoms with Crippen molar-refractivity contribution in [3.63, 3.8) is 0 Å². The first-order valence-corrected chi connectivity index (χ1v) is 6.68. The number of fused-ring (bicyclic) bond motifs is 1. The molecular formula is C15H18N2O. The molecule has 3 heteroatoms. The van der Waals surface area contributed by atoms with Crippen molar-refractivity contribution in [3.05, 3.63) is 35.5 Å². The van der Waals surface area contributed by atoms with Gasteiger partial charge in [-0.2, -0.15) is 0 Å². The van der Waals surface area contributed by atoms with Gasteiger partial charge in [0.25, 0.3) is 0 Å². The summed E-state index contributed by atoms with van der Waals surface area (Å²) in [6.45, 7) is 2.18. The number of aromatic amines is 1. The summed E-state index contributed by atoms with van der Waals surface area (Å²) in [6.07, 6.45) is 3.71. The standard InChI is InChI=1S/C15H18N2O/c1-2-5-12-15(13-8-9-14(18)17-13)10-6-3-4-7-11(10)16-12/h3-4,6-7,13,16H,2,5,8-9H2,1H3,(H,17,18). The average molecular weight is 242 g/mol. The number of rotatable bonds is 3. The molecule has 1 aliphatic heterocycles. The van der Waals surface area contributed by atoms with Crippen LogP contribution < -0.4 is 5.32 Å². The minimum atomic E-state index is 0.174. The lowest BCUT2D eigenvalue weighted by Crippen LogP contribution is -2.19. The first kappa shape index (κ1) is 11.3. The van der Waals surface area contributed by atoms with E-state index in [-0.39, 0.29) is 11.9 Å². The second-order valence-corrected chi connectivity index (χ2v) is 4.97. The highest BCUT2D eigenvalue weighted by Gasteiger charge is 2.26. The molecule has 1 unspecified atom stereocenters. The molecule has 0 radical (unpaired) electrons. The molecule has 18 heavy (non-hydrogen) atoms. The molecule has 1 fully saturated rings. The van der Waals surface area contributed by atoms with Crippen molar-refractivity contribution in [2.24, 2.45) is 0 Å². The van der Waals surface area contributed by atoms with Crippen LogP contribution in [0.25, 0.3) is 10.9 Å². The van der Waals surface area contributed by atoms with Crippen LogP contribution in [-0.4, -0.2) is 10.9 Å². The molecule has 2 aromatic rings. The topological polar surface area (TPSA) is 44.9 Å². The lowest BCUT2D eigenvalue weighted by Gasteiger charge is -2.12. The minimum Gasteiger partial charge on any atom is -0.358 e. The van der Waals surface area contributed by atoms with Crippen LogP contribution in [0.3, 0.4) is 0 Å². The zero-order valence-electron chi connectivity index (χ0n) is 10.6. The first-order chi connectivity index (χ1) is 8.79. The van der Waals surface area contributed by atoms with Crippen LogP contribution in [0, 0.1) is 0 Å². The molecule has 3 nitrogen and oxygen atoms in total. The van der Waals surface area contributed by atoms with Crippen LogP contribution in [0.2, 0.25) is 0 Å². The Labute approximate surface area is 107 Å². The smallest absolute Gasteiger partial charge is 0.220 e. The van der Waals surface area contributed by atoms with E-state index in [1.54, 1.807) is 0 Å². The van der Waals surface area contributed by atoms with Crippen LogP contribution >= 0.6 is 0 Å². The Morgan fingerprint density at radius 3 is 2.89 bits per heavy atom. The highest BCUT2D eigenvalue weighted by molar-refractivity contribution is 5.87. The van der Waals surface area contributed by atoms with Gasteiger partial charge in [-0.3, -0.25) is 4.79 Å². The Morgan fingerprint density at radius 1 is 1.33 bits per heavy atom. The quantitative estimate of drug-likeness (QED) is 0.853. The van der Waals surface area contributed by atoms with Gasteiger partial charge in [0.1, 0.15) is 0 Å². The van der Waals surface area contributed by atoms with E-state index in [1.165, 1.54) is 22.2 Å². The largest absolute Gasteiger partial charge is 0.358 e. The molecule has 0 aliphatic carbocycles. The second-order valence-electron chi connectivity index (χ2n) is 4.97. The van der Waals surface area contributed by atoms with Crippen molar-refractivity contribution in [2.75, 3.05) is 0 Å². The van der Waals surface area contributed by atoms with E-state index in [9.17, 15) is 4.79 Å². The molecular weight excluding hydrogens is 224 g/mol. The van der Waals surface area contributed by atoms with E-state index < -0.39 is 0 Å². The summed E-state index contributed by atoms with van der Waals surface area (Å²) in [7, 11) is 0. The lowest BCUT2D eigenvalue weighted by atomic mass is 9.99. The molecule has 0 bridgehead atoms. The number of carbonyl (C=O) groups excluding carboxylic acids is 1. The fraction of sp³-hybridized carbons (Fsp3) is 0.400. The van der Waals surface area contributed by atoms with Crippen molar-refractivity contribution in [2.45, 2.75) is 38.6 Å². The number of nitrogens with one attached hydrogen (secondary N) is 2. The fourth-order valence-corrected chi connectivity index (χ4v) is 2.90. The van der Waals surface area contributed by atoms with Gasteiger partial charge in [-0.1, -0.05) is 31.5 Å². The van der Waals surface area contributed by atoms with E-state index in [2.05, 4.69) is 35.4 Å². The predicted molar refractivity (Wildman–Crippen MR) is 72.4 cm³/mol. The Balaban J connectivity index is 2.11. The summed E-state index contributed by atoms with van der Waals surface area (Å²) in [5, 5.41) is 4.35. The Morgan fingerprint density at radius 2 is 2.17 bits per heavy atom. The predicted octanol–water partition coefficient (Wildman–Crippen LogP) is 3.07. The highest BCUT2D eigenvalue weighted by atomic mass is 16.1. The molecule has 3 rings (SSSR count). The third-order valence-corrected chi connectivity index (χ3v) is 3.67. The van der Waals surface area contributed by atoms with Gasteiger partial charge in [0.2, 0.25) is 5.91 Å². The maximum Gasteiger partial charge on any atom is 0.220 e. The summed E-state index contributed by atoms with van der Waals surface area (Å²) in [5.74, 6) is 0.174. The average Bonchev–Trinajstić information content (AvgIpc) is 2.92. The molecule has 1 amide bonds. The Hall–Kier alpha value is -1.77. The molecule has 0 saturated carbocycles. The van der Waals surface area contributed by atoms with Crippen LogP contribution in [-0.2, 0) is 11.2 Å². The highest BCUT2D eigenvalue weighted by Crippen LogP contribution is 2.33. The number of hydrogen-bond donors (Lipinski definition) is 2. The SMILES string of the molecule is CCCc1[nH]c2ccccc2c1C1CCC(=O)N1. The molecule has 1 aromatic carbocycles. The van der Waals surface area contributed by atoms with Crippen LogP contribution in [0.5, 0.6) is 0 Å². The number of hydrogen-bond acceptors (Lipinski definition) is 1. The van der Waals surface area contributed by atoms with Gasteiger partial charge in [0.15, 0.2) is 0 Å². The van der Waals surface area contributed by atoms with Gasteiger partial charge >= 0.3 is 0 Å². The van der Waals surface area contributed by atoms with E-state index >= 15 is 0 Å². The van der Waals surface area contributed by atoms with Gasteiger partial charge in [0.05, 0.1) is 6.04 Å². The molecule has 1 saturated heterocycles. The van der Waals surface area contributed by atoms with Crippen LogP contribution in [0.4, 0.5) is 0 Å². The number of H-pyrrole nitrogens is 1. The van der Waals surface area contributed by atoms with Crippen molar-refractivity contribution in [3.8, 4) is 0 Å². The zero-order chi connectivity index (χ0) is 12.5. The molecule has 1 aromatic heterocycles. The van der Waals surface area contributed by atoms with Gasteiger partial charge in [-0.05, 0) is 18.9 Å². The minimum absolute atomic E-state index is 0.174. The Bertz CT molecular complexity index is 585. The van der Waals surface area contributed by atoms with E-state index in [4.69, 9.17) is 0 Å². The molecule has 0 spiro atoms. The maximum absolute atomic E-state index is 11.4.